The summed E-state index contributed by atoms with van der Waals surface area (Å²) >= 11 is 0. The largest absolute Gasteiger partial charge is 0.356 e. The molecule has 27 heavy (non-hydrogen) atoms. The highest BCUT2D eigenvalue weighted by atomic mass is 31.2. The zero-order valence-corrected chi connectivity index (χ0v) is 14.6. The molecule has 138 valence electrons. The number of anilines is 1. The van der Waals surface area contributed by atoms with Gasteiger partial charge in [-0.05, 0) is 29.8 Å². The van der Waals surface area contributed by atoms with E-state index in [1.807, 2.05) is 0 Å². The second-order valence-electron chi connectivity index (χ2n) is 5.52. The number of carbonyl (C=O) groups excluding carboxylic acids is 1. The molecule has 0 saturated carbocycles. The lowest BCUT2D eigenvalue weighted by atomic mass is 10.1. The number of aromatic nitrogens is 4. The molecule has 0 bridgehead atoms. The van der Waals surface area contributed by atoms with E-state index in [9.17, 15) is 23.9 Å². The van der Waals surface area contributed by atoms with Crippen LogP contribution in [0.2, 0.25) is 0 Å². The van der Waals surface area contributed by atoms with E-state index in [1.54, 1.807) is 18.2 Å². The van der Waals surface area contributed by atoms with Crippen LogP contribution in [0.4, 0.5) is 5.69 Å². The Kier molecular flexibility index (Phi) is 5.22. The zero-order valence-electron chi connectivity index (χ0n) is 13.7. The average Bonchev–Trinajstić information content (AvgIpc) is 2.63. The molecule has 1 aromatic carbocycles. The first-order valence-electron chi connectivity index (χ1n) is 7.65. The predicted octanol–water partition coefficient (Wildman–Crippen LogP) is 0.211. The normalized spacial score (nSPS) is 11.2. The van der Waals surface area contributed by atoms with Crippen molar-refractivity contribution >= 4 is 24.5 Å². The molecule has 2 heterocycles. The SMILES string of the molecule is O=C(Cc1cccc(P(=O)(O)O)c1)Nc1cnc(-c2cccnn2)[nH]c1=O. The van der Waals surface area contributed by atoms with Crippen molar-refractivity contribution in [3.8, 4) is 11.5 Å². The molecule has 11 heteroatoms. The number of hydrogen-bond donors (Lipinski definition) is 4. The number of rotatable bonds is 5. The molecule has 0 atom stereocenters. The summed E-state index contributed by atoms with van der Waals surface area (Å²) in [7, 11) is -4.41. The molecule has 3 aromatic rings. The molecule has 0 spiro atoms. The molecule has 2 aromatic heterocycles. The number of nitrogens with zero attached hydrogens (tertiary/aromatic N) is 3. The Morgan fingerprint density at radius 3 is 2.70 bits per heavy atom. The monoisotopic (exact) mass is 387 g/mol. The van der Waals surface area contributed by atoms with Crippen molar-refractivity contribution in [2.75, 3.05) is 5.32 Å². The van der Waals surface area contributed by atoms with Gasteiger partial charge < -0.3 is 20.1 Å². The Morgan fingerprint density at radius 2 is 2.04 bits per heavy atom. The molecule has 0 aliphatic heterocycles. The van der Waals surface area contributed by atoms with Crippen LogP contribution in [0.15, 0.2) is 53.6 Å². The van der Waals surface area contributed by atoms with Gasteiger partial charge in [-0.2, -0.15) is 5.10 Å². The molecule has 0 radical (unpaired) electrons. The second-order valence-corrected chi connectivity index (χ2v) is 7.13. The number of benzene rings is 1. The minimum absolute atomic E-state index is 0.0567. The molecule has 3 rings (SSSR count). The van der Waals surface area contributed by atoms with Crippen molar-refractivity contribution in [1.29, 1.82) is 0 Å². The van der Waals surface area contributed by atoms with Gasteiger partial charge >= 0.3 is 7.60 Å². The lowest BCUT2D eigenvalue weighted by Crippen LogP contribution is -2.22. The Hall–Kier alpha value is -3.20. The van der Waals surface area contributed by atoms with Crippen LogP contribution >= 0.6 is 7.60 Å². The van der Waals surface area contributed by atoms with Crippen molar-refractivity contribution in [3.63, 3.8) is 0 Å². The number of carbonyl (C=O) groups is 1. The van der Waals surface area contributed by atoms with Gasteiger partial charge in [0, 0.05) is 6.20 Å². The van der Waals surface area contributed by atoms with E-state index in [-0.39, 0.29) is 23.2 Å². The number of aromatic amines is 1. The van der Waals surface area contributed by atoms with Crippen LogP contribution in [-0.2, 0) is 15.8 Å². The van der Waals surface area contributed by atoms with E-state index in [0.717, 1.165) is 0 Å². The van der Waals surface area contributed by atoms with Gasteiger partial charge in [-0.15, -0.1) is 5.10 Å². The maximum Gasteiger partial charge on any atom is 0.356 e. The highest BCUT2D eigenvalue weighted by molar-refractivity contribution is 7.60. The number of nitrogens with one attached hydrogen (secondary N) is 2. The quantitative estimate of drug-likeness (QED) is 0.452. The first-order chi connectivity index (χ1) is 12.8. The fourth-order valence-corrected chi connectivity index (χ4v) is 2.88. The summed E-state index contributed by atoms with van der Waals surface area (Å²) in [6.45, 7) is 0. The Labute approximate surface area is 152 Å². The zero-order chi connectivity index (χ0) is 19.4. The molecule has 0 aliphatic carbocycles. The van der Waals surface area contributed by atoms with Gasteiger partial charge in [0.05, 0.1) is 17.9 Å². The van der Waals surface area contributed by atoms with Crippen LogP contribution < -0.4 is 16.2 Å². The fraction of sp³-hybridized carbons (Fsp3) is 0.0625. The number of hydrogen-bond acceptors (Lipinski definition) is 6. The Bertz CT molecular complexity index is 1080. The third-order valence-corrected chi connectivity index (χ3v) is 4.45. The van der Waals surface area contributed by atoms with Crippen LogP contribution in [0.3, 0.4) is 0 Å². The van der Waals surface area contributed by atoms with E-state index in [2.05, 4.69) is 25.5 Å². The maximum atomic E-state index is 12.1. The topological polar surface area (TPSA) is 158 Å². The van der Waals surface area contributed by atoms with Crippen molar-refractivity contribution in [1.82, 2.24) is 20.2 Å². The smallest absolute Gasteiger partial charge is 0.321 e. The predicted molar refractivity (Wildman–Crippen MR) is 96.3 cm³/mol. The Balaban J connectivity index is 1.73. The van der Waals surface area contributed by atoms with E-state index < -0.39 is 19.1 Å². The number of amides is 1. The highest BCUT2D eigenvalue weighted by Crippen LogP contribution is 2.33. The molecular formula is C16H14N5O5P. The van der Waals surface area contributed by atoms with Gasteiger partial charge in [0.1, 0.15) is 11.4 Å². The molecule has 10 nitrogen and oxygen atoms in total. The third kappa shape index (κ3) is 4.70. The first kappa shape index (κ1) is 18.6. The van der Waals surface area contributed by atoms with Crippen molar-refractivity contribution in [3.05, 3.63) is 64.7 Å². The van der Waals surface area contributed by atoms with Gasteiger partial charge in [0.15, 0.2) is 5.82 Å². The summed E-state index contributed by atoms with van der Waals surface area (Å²) < 4.78 is 11.3. The summed E-state index contributed by atoms with van der Waals surface area (Å²) in [5.41, 5.74) is 0.150. The highest BCUT2D eigenvalue weighted by Gasteiger charge is 2.17. The van der Waals surface area contributed by atoms with Gasteiger partial charge in [-0.1, -0.05) is 12.1 Å². The van der Waals surface area contributed by atoms with Crippen LogP contribution in [-0.4, -0.2) is 35.9 Å². The maximum absolute atomic E-state index is 12.1. The summed E-state index contributed by atoms with van der Waals surface area (Å²) in [5.74, 6) is -0.321. The summed E-state index contributed by atoms with van der Waals surface area (Å²) in [6, 6.07) is 8.79. The van der Waals surface area contributed by atoms with E-state index >= 15 is 0 Å². The van der Waals surface area contributed by atoms with Gasteiger partial charge in [0.25, 0.3) is 5.56 Å². The van der Waals surface area contributed by atoms with Crippen LogP contribution in [0.1, 0.15) is 5.56 Å². The standard InChI is InChI=1S/C16H14N5O5P/c22-14(8-10-3-1-4-11(7-10)27(24,25)26)19-13-9-17-15(20-16(13)23)12-5-2-6-18-21-12/h1-7,9H,8H2,(H,19,22)(H,17,20,23)(H2,24,25,26). The van der Waals surface area contributed by atoms with Gasteiger partial charge in [-0.3, -0.25) is 14.2 Å². The second kappa shape index (κ2) is 7.58. The molecule has 0 saturated heterocycles. The third-order valence-electron chi connectivity index (χ3n) is 3.50. The van der Waals surface area contributed by atoms with Gasteiger partial charge in [-0.25, -0.2) is 4.98 Å². The number of H-pyrrole nitrogens is 1. The van der Waals surface area contributed by atoms with Crippen molar-refractivity contribution in [2.45, 2.75) is 6.42 Å². The van der Waals surface area contributed by atoms with E-state index in [4.69, 9.17) is 0 Å². The summed E-state index contributed by atoms with van der Waals surface area (Å²) in [4.78, 5) is 49.2. The fourth-order valence-electron chi connectivity index (χ4n) is 2.27. The molecule has 1 amide bonds. The molecule has 4 N–H and O–H groups in total. The molecule has 0 aliphatic rings. The summed E-state index contributed by atoms with van der Waals surface area (Å²) in [5, 5.41) is 9.77. The molecule has 0 fully saturated rings. The van der Waals surface area contributed by atoms with Crippen molar-refractivity contribution in [2.24, 2.45) is 0 Å². The van der Waals surface area contributed by atoms with Gasteiger partial charge in [0.2, 0.25) is 5.91 Å². The minimum Gasteiger partial charge on any atom is -0.321 e. The van der Waals surface area contributed by atoms with E-state index in [0.29, 0.717) is 11.3 Å². The van der Waals surface area contributed by atoms with Crippen molar-refractivity contribution < 1.29 is 19.1 Å². The van der Waals surface area contributed by atoms with E-state index in [1.165, 1.54) is 30.6 Å². The van der Waals surface area contributed by atoms with Crippen LogP contribution in [0.5, 0.6) is 0 Å². The molecular weight excluding hydrogens is 373 g/mol. The first-order valence-corrected chi connectivity index (χ1v) is 9.26. The van der Waals surface area contributed by atoms with Crippen LogP contribution in [0.25, 0.3) is 11.5 Å². The van der Waals surface area contributed by atoms with Crippen LogP contribution in [0, 0.1) is 0 Å². The minimum atomic E-state index is -4.41. The molecule has 0 unspecified atom stereocenters. The lowest BCUT2D eigenvalue weighted by molar-refractivity contribution is -0.115. The summed E-state index contributed by atoms with van der Waals surface area (Å²) in [6.07, 6.45) is 2.52. The average molecular weight is 387 g/mol. The Morgan fingerprint density at radius 1 is 1.22 bits per heavy atom. The lowest BCUT2D eigenvalue weighted by Gasteiger charge is -2.08.